The molecule has 1 fully saturated rings. The van der Waals surface area contributed by atoms with Crippen LogP contribution in [-0.4, -0.2) is 17.8 Å². The summed E-state index contributed by atoms with van der Waals surface area (Å²) in [5, 5.41) is 9.66. The Hall–Kier alpha value is -1.09. The highest BCUT2D eigenvalue weighted by atomic mass is 19.1. The normalized spacial score (nSPS) is 17.9. The first-order valence-electron chi connectivity index (χ1n) is 4.68. The van der Waals surface area contributed by atoms with Gasteiger partial charge in [-0.3, -0.25) is 0 Å². The van der Waals surface area contributed by atoms with Crippen molar-refractivity contribution in [3.8, 4) is 5.75 Å². The molecule has 0 radical (unpaired) electrons. The molecule has 0 unspecified atom stereocenters. The van der Waals surface area contributed by atoms with E-state index >= 15 is 0 Å². The molecule has 3 heteroatoms. The zero-order chi connectivity index (χ0) is 10.2. The number of benzene rings is 1. The standard InChI is InChI=1S/C11H13FO2/c1-14-9-2-3-10(12)8(6-9)7-11(13)4-5-11/h2-3,6,13H,4-5,7H2,1H3. The number of aliphatic hydroxyl groups is 1. The lowest BCUT2D eigenvalue weighted by Gasteiger charge is -2.09. The lowest BCUT2D eigenvalue weighted by atomic mass is 10.1. The average Bonchev–Trinajstić information content (AvgIpc) is 2.88. The van der Waals surface area contributed by atoms with Gasteiger partial charge in [0, 0.05) is 6.42 Å². The predicted molar refractivity (Wildman–Crippen MR) is 50.8 cm³/mol. The molecular formula is C11H13FO2. The fourth-order valence-electron chi connectivity index (χ4n) is 1.49. The minimum absolute atomic E-state index is 0.272. The Balaban J connectivity index is 2.22. The van der Waals surface area contributed by atoms with Gasteiger partial charge in [0.2, 0.25) is 0 Å². The summed E-state index contributed by atoms with van der Waals surface area (Å²) in [6.07, 6.45) is 1.92. The van der Waals surface area contributed by atoms with Gasteiger partial charge in [-0.05, 0) is 36.6 Å². The third-order valence-corrected chi connectivity index (χ3v) is 2.60. The fourth-order valence-corrected chi connectivity index (χ4v) is 1.49. The van der Waals surface area contributed by atoms with Crippen LogP contribution in [-0.2, 0) is 6.42 Å². The van der Waals surface area contributed by atoms with Crippen molar-refractivity contribution in [2.24, 2.45) is 0 Å². The van der Waals surface area contributed by atoms with E-state index in [4.69, 9.17) is 4.74 Å². The second-order valence-corrected chi connectivity index (χ2v) is 3.86. The molecule has 1 aliphatic carbocycles. The van der Waals surface area contributed by atoms with Crippen LogP contribution in [0.15, 0.2) is 18.2 Å². The summed E-state index contributed by atoms with van der Waals surface area (Å²) in [7, 11) is 1.54. The maximum absolute atomic E-state index is 13.3. The van der Waals surface area contributed by atoms with Crippen LogP contribution in [0.3, 0.4) is 0 Å². The van der Waals surface area contributed by atoms with E-state index in [1.165, 1.54) is 6.07 Å². The van der Waals surface area contributed by atoms with Gasteiger partial charge in [0.25, 0.3) is 0 Å². The van der Waals surface area contributed by atoms with Gasteiger partial charge in [-0.15, -0.1) is 0 Å². The molecule has 0 atom stereocenters. The molecule has 0 saturated heterocycles. The van der Waals surface area contributed by atoms with Gasteiger partial charge in [0.15, 0.2) is 0 Å². The Morgan fingerprint density at radius 2 is 2.21 bits per heavy atom. The van der Waals surface area contributed by atoms with Crippen molar-refractivity contribution >= 4 is 0 Å². The average molecular weight is 196 g/mol. The van der Waals surface area contributed by atoms with E-state index in [-0.39, 0.29) is 5.82 Å². The van der Waals surface area contributed by atoms with Crippen molar-refractivity contribution in [3.63, 3.8) is 0 Å². The van der Waals surface area contributed by atoms with E-state index in [1.54, 1.807) is 19.2 Å². The summed E-state index contributed by atoms with van der Waals surface area (Å²) >= 11 is 0. The minimum atomic E-state index is -0.660. The molecule has 0 spiro atoms. The van der Waals surface area contributed by atoms with Crippen molar-refractivity contribution in [1.82, 2.24) is 0 Å². The minimum Gasteiger partial charge on any atom is -0.497 e. The quantitative estimate of drug-likeness (QED) is 0.800. The molecule has 14 heavy (non-hydrogen) atoms. The highest BCUT2D eigenvalue weighted by Crippen LogP contribution is 2.39. The summed E-state index contributed by atoms with van der Waals surface area (Å²) in [6, 6.07) is 4.60. The molecule has 1 aromatic rings. The number of rotatable bonds is 3. The molecule has 2 rings (SSSR count). The van der Waals surface area contributed by atoms with Crippen molar-refractivity contribution in [2.75, 3.05) is 7.11 Å². The number of halogens is 1. The molecule has 1 aliphatic rings. The van der Waals surface area contributed by atoms with Gasteiger partial charge in [0.1, 0.15) is 11.6 Å². The molecule has 0 heterocycles. The predicted octanol–water partition coefficient (Wildman–Crippen LogP) is 1.90. The molecule has 0 aliphatic heterocycles. The highest BCUT2D eigenvalue weighted by Gasteiger charge is 2.40. The van der Waals surface area contributed by atoms with Crippen molar-refractivity contribution in [2.45, 2.75) is 24.9 Å². The van der Waals surface area contributed by atoms with Gasteiger partial charge >= 0.3 is 0 Å². The molecule has 0 amide bonds. The van der Waals surface area contributed by atoms with Gasteiger partial charge in [0.05, 0.1) is 12.7 Å². The second-order valence-electron chi connectivity index (χ2n) is 3.86. The van der Waals surface area contributed by atoms with Gasteiger partial charge in [-0.2, -0.15) is 0 Å². The van der Waals surface area contributed by atoms with E-state index in [1.807, 2.05) is 0 Å². The lowest BCUT2D eigenvalue weighted by molar-refractivity contribution is 0.149. The third kappa shape index (κ3) is 1.87. The van der Waals surface area contributed by atoms with Crippen LogP contribution >= 0.6 is 0 Å². The number of hydrogen-bond donors (Lipinski definition) is 1. The van der Waals surface area contributed by atoms with Gasteiger partial charge < -0.3 is 9.84 Å². The highest BCUT2D eigenvalue weighted by molar-refractivity contribution is 5.31. The number of methoxy groups -OCH3 is 1. The van der Waals surface area contributed by atoms with Crippen LogP contribution in [0.5, 0.6) is 5.75 Å². The van der Waals surface area contributed by atoms with Crippen LogP contribution in [0.25, 0.3) is 0 Å². The summed E-state index contributed by atoms with van der Waals surface area (Å²) in [4.78, 5) is 0. The molecule has 1 aromatic carbocycles. The first-order chi connectivity index (χ1) is 6.63. The smallest absolute Gasteiger partial charge is 0.126 e. The molecule has 0 bridgehead atoms. The lowest BCUT2D eigenvalue weighted by Crippen LogP contribution is -2.12. The van der Waals surface area contributed by atoms with E-state index in [9.17, 15) is 9.50 Å². The summed E-state index contributed by atoms with van der Waals surface area (Å²) in [5.41, 5.74) is -0.128. The SMILES string of the molecule is COc1ccc(F)c(CC2(O)CC2)c1. The maximum atomic E-state index is 13.3. The third-order valence-electron chi connectivity index (χ3n) is 2.60. The largest absolute Gasteiger partial charge is 0.497 e. The maximum Gasteiger partial charge on any atom is 0.126 e. The first-order valence-corrected chi connectivity index (χ1v) is 4.68. The monoisotopic (exact) mass is 196 g/mol. The first kappa shape index (κ1) is 9.46. The van der Waals surface area contributed by atoms with Crippen LogP contribution in [0, 0.1) is 5.82 Å². The van der Waals surface area contributed by atoms with E-state index in [0.717, 1.165) is 12.8 Å². The summed E-state index contributed by atoms with van der Waals surface area (Å²) < 4.78 is 18.3. The Kier molecular flexibility index (Phi) is 2.19. The molecule has 76 valence electrons. The van der Waals surface area contributed by atoms with Crippen LogP contribution in [0.4, 0.5) is 4.39 Å². The zero-order valence-electron chi connectivity index (χ0n) is 8.09. The fraction of sp³-hybridized carbons (Fsp3) is 0.455. The molecule has 2 nitrogen and oxygen atoms in total. The number of ether oxygens (including phenoxy) is 1. The van der Waals surface area contributed by atoms with Crippen LogP contribution in [0.2, 0.25) is 0 Å². The van der Waals surface area contributed by atoms with Crippen LogP contribution < -0.4 is 4.74 Å². The summed E-state index contributed by atoms with van der Waals surface area (Å²) in [6.45, 7) is 0. The Labute approximate surface area is 82.3 Å². The molecule has 1 N–H and O–H groups in total. The van der Waals surface area contributed by atoms with Gasteiger partial charge in [-0.1, -0.05) is 0 Å². The second kappa shape index (κ2) is 3.24. The van der Waals surface area contributed by atoms with Gasteiger partial charge in [-0.25, -0.2) is 4.39 Å². The molecule has 0 aromatic heterocycles. The Bertz CT molecular complexity index is 345. The molecule has 1 saturated carbocycles. The van der Waals surface area contributed by atoms with E-state index in [0.29, 0.717) is 17.7 Å². The van der Waals surface area contributed by atoms with E-state index < -0.39 is 5.60 Å². The topological polar surface area (TPSA) is 29.5 Å². The van der Waals surface area contributed by atoms with Crippen molar-refractivity contribution in [3.05, 3.63) is 29.6 Å². The Morgan fingerprint density at radius 3 is 2.79 bits per heavy atom. The summed E-state index contributed by atoms with van der Waals surface area (Å²) in [5.74, 6) is 0.358. The van der Waals surface area contributed by atoms with Crippen LogP contribution in [0.1, 0.15) is 18.4 Å². The molecular weight excluding hydrogens is 183 g/mol. The number of hydrogen-bond acceptors (Lipinski definition) is 2. The van der Waals surface area contributed by atoms with Crippen molar-refractivity contribution < 1.29 is 14.2 Å². The zero-order valence-corrected chi connectivity index (χ0v) is 8.09. The van der Waals surface area contributed by atoms with E-state index in [2.05, 4.69) is 0 Å². The Morgan fingerprint density at radius 1 is 1.50 bits per heavy atom. The van der Waals surface area contributed by atoms with Crippen molar-refractivity contribution in [1.29, 1.82) is 0 Å².